The number of benzene rings is 1. The Bertz CT molecular complexity index is 812. The smallest absolute Gasteiger partial charge is 0.270 e. The number of hydrogen-bond acceptors (Lipinski definition) is 4. The molecule has 1 aromatic carbocycles. The largest absolute Gasteiger partial charge is 0.348 e. The van der Waals surface area contributed by atoms with E-state index in [0.717, 1.165) is 32.5 Å². The van der Waals surface area contributed by atoms with E-state index in [1.54, 1.807) is 18.3 Å². The quantitative estimate of drug-likeness (QED) is 0.881. The highest BCUT2D eigenvalue weighted by molar-refractivity contribution is 5.98. The third-order valence-electron chi connectivity index (χ3n) is 5.06. The van der Waals surface area contributed by atoms with Crippen molar-refractivity contribution in [3.63, 3.8) is 0 Å². The van der Waals surface area contributed by atoms with Crippen LogP contribution in [0.3, 0.4) is 0 Å². The zero-order chi connectivity index (χ0) is 18.6. The molecule has 0 bridgehead atoms. The highest BCUT2D eigenvalue weighted by Crippen LogP contribution is 2.19. The summed E-state index contributed by atoms with van der Waals surface area (Å²) in [7, 11) is 0. The summed E-state index contributed by atoms with van der Waals surface area (Å²) in [5.74, 6) is -0.225. The molecule has 0 spiro atoms. The molecule has 140 valence electrons. The minimum atomic E-state index is -0.195. The fourth-order valence-corrected chi connectivity index (χ4v) is 3.31. The van der Waals surface area contributed by atoms with E-state index in [9.17, 15) is 9.59 Å². The Hall–Kier alpha value is -2.73. The van der Waals surface area contributed by atoms with Crippen LogP contribution in [0, 0.1) is 0 Å². The van der Waals surface area contributed by atoms with Crippen LogP contribution in [0.25, 0.3) is 0 Å². The number of rotatable bonds is 5. The molecule has 1 saturated heterocycles. The van der Waals surface area contributed by atoms with Crippen LogP contribution in [0.4, 0.5) is 0 Å². The van der Waals surface area contributed by atoms with Crippen LogP contribution in [0.5, 0.6) is 0 Å². The molecular weight excluding hydrogens is 340 g/mol. The Morgan fingerprint density at radius 2 is 1.78 bits per heavy atom. The second-order valence-corrected chi connectivity index (χ2v) is 7.23. The second kappa shape index (κ2) is 7.88. The Morgan fingerprint density at radius 3 is 2.48 bits per heavy atom. The molecule has 27 heavy (non-hydrogen) atoms. The van der Waals surface area contributed by atoms with Crippen molar-refractivity contribution >= 4 is 11.8 Å². The van der Waals surface area contributed by atoms with Gasteiger partial charge in [-0.05, 0) is 30.5 Å². The molecule has 2 amide bonds. The molecule has 1 aliphatic carbocycles. The summed E-state index contributed by atoms with van der Waals surface area (Å²) in [5.41, 5.74) is 2.13. The van der Waals surface area contributed by atoms with Gasteiger partial charge in [0.25, 0.3) is 11.8 Å². The molecule has 0 atom stereocenters. The van der Waals surface area contributed by atoms with Gasteiger partial charge in [-0.3, -0.25) is 19.5 Å². The van der Waals surface area contributed by atoms with Crippen LogP contribution in [0.15, 0.2) is 48.7 Å². The van der Waals surface area contributed by atoms with E-state index in [-0.39, 0.29) is 17.9 Å². The van der Waals surface area contributed by atoms with Crippen molar-refractivity contribution in [1.82, 2.24) is 20.1 Å². The van der Waals surface area contributed by atoms with Gasteiger partial charge in [0.05, 0.1) is 0 Å². The minimum absolute atomic E-state index is 0.0303. The van der Waals surface area contributed by atoms with E-state index >= 15 is 0 Å². The molecule has 4 rings (SSSR count). The normalized spacial score (nSPS) is 17.6. The molecule has 2 heterocycles. The number of nitrogens with one attached hydrogen (secondary N) is 1. The van der Waals surface area contributed by atoms with Crippen LogP contribution in [0.1, 0.15) is 39.3 Å². The van der Waals surface area contributed by atoms with Gasteiger partial charge in [-0.15, -0.1) is 0 Å². The van der Waals surface area contributed by atoms with E-state index in [0.29, 0.717) is 24.3 Å². The van der Waals surface area contributed by atoms with E-state index in [1.165, 1.54) is 5.56 Å². The predicted octanol–water partition coefficient (Wildman–Crippen LogP) is 1.93. The number of carbonyl (C=O) groups excluding carboxylic acids is 2. The molecule has 1 aromatic heterocycles. The maximum atomic E-state index is 12.8. The summed E-state index contributed by atoms with van der Waals surface area (Å²) in [4.78, 5) is 33.3. The average Bonchev–Trinajstić information content (AvgIpc) is 3.53. The number of amides is 2. The summed E-state index contributed by atoms with van der Waals surface area (Å²) in [5, 5.41) is 2.91. The number of aromatic nitrogens is 1. The van der Waals surface area contributed by atoms with Gasteiger partial charge in [0.2, 0.25) is 0 Å². The minimum Gasteiger partial charge on any atom is -0.348 e. The van der Waals surface area contributed by atoms with Crippen molar-refractivity contribution in [1.29, 1.82) is 0 Å². The lowest BCUT2D eigenvalue weighted by atomic mass is 10.1. The molecule has 1 aliphatic heterocycles. The maximum Gasteiger partial charge on any atom is 0.270 e. The van der Waals surface area contributed by atoms with Crippen LogP contribution >= 0.6 is 0 Å². The highest BCUT2D eigenvalue weighted by Gasteiger charge is 2.26. The standard InChI is InChI=1S/C21H24N4O2/c26-20(23-18-6-7-18)19-14-17(8-9-22-19)21(27)25-12-10-24(11-13-25)15-16-4-2-1-3-5-16/h1-5,8-9,14,18H,6-7,10-13,15H2,(H,23,26). The maximum absolute atomic E-state index is 12.8. The SMILES string of the molecule is O=C(NC1CC1)c1cc(C(=O)N2CCN(Cc3ccccc3)CC2)ccn1. The third-order valence-corrected chi connectivity index (χ3v) is 5.06. The van der Waals surface area contributed by atoms with Crippen LogP contribution in [-0.2, 0) is 6.54 Å². The first-order valence-electron chi connectivity index (χ1n) is 9.51. The van der Waals surface area contributed by atoms with Gasteiger partial charge >= 0.3 is 0 Å². The predicted molar refractivity (Wildman–Crippen MR) is 102 cm³/mol. The first kappa shape index (κ1) is 17.7. The Balaban J connectivity index is 1.34. The first-order chi connectivity index (χ1) is 13.2. The van der Waals surface area contributed by atoms with Gasteiger partial charge in [0, 0.05) is 50.5 Å². The molecule has 2 fully saturated rings. The van der Waals surface area contributed by atoms with Crippen molar-refractivity contribution in [3.8, 4) is 0 Å². The number of hydrogen-bond donors (Lipinski definition) is 1. The summed E-state index contributed by atoms with van der Waals surface area (Å²) in [6, 6.07) is 13.9. The highest BCUT2D eigenvalue weighted by atomic mass is 16.2. The van der Waals surface area contributed by atoms with Crippen molar-refractivity contribution in [2.75, 3.05) is 26.2 Å². The lowest BCUT2D eigenvalue weighted by molar-refractivity contribution is 0.0628. The van der Waals surface area contributed by atoms with Gasteiger partial charge < -0.3 is 10.2 Å². The number of carbonyl (C=O) groups is 2. The van der Waals surface area contributed by atoms with E-state index in [1.807, 2.05) is 11.0 Å². The van der Waals surface area contributed by atoms with E-state index in [4.69, 9.17) is 0 Å². The van der Waals surface area contributed by atoms with E-state index < -0.39 is 0 Å². The van der Waals surface area contributed by atoms with Crippen molar-refractivity contribution in [2.24, 2.45) is 0 Å². The van der Waals surface area contributed by atoms with Gasteiger partial charge in [-0.25, -0.2) is 0 Å². The number of pyridine rings is 1. The topological polar surface area (TPSA) is 65.5 Å². The Kier molecular flexibility index (Phi) is 5.16. The van der Waals surface area contributed by atoms with Gasteiger partial charge in [-0.2, -0.15) is 0 Å². The fraction of sp³-hybridized carbons (Fsp3) is 0.381. The Labute approximate surface area is 159 Å². The van der Waals surface area contributed by atoms with Gasteiger partial charge in [-0.1, -0.05) is 30.3 Å². The molecule has 2 aromatic rings. The summed E-state index contributed by atoms with van der Waals surface area (Å²) >= 11 is 0. The average molecular weight is 364 g/mol. The van der Waals surface area contributed by atoms with Crippen molar-refractivity contribution in [2.45, 2.75) is 25.4 Å². The molecule has 2 aliphatic rings. The second-order valence-electron chi connectivity index (χ2n) is 7.23. The lowest BCUT2D eigenvalue weighted by Gasteiger charge is -2.34. The Morgan fingerprint density at radius 1 is 1.04 bits per heavy atom. The molecule has 1 N–H and O–H groups in total. The van der Waals surface area contributed by atoms with Crippen LogP contribution in [0.2, 0.25) is 0 Å². The van der Waals surface area contributed by atoms with Crippen molar-refractivity contribution in [3.05, 3.63) is 65.5 Å². The number of nitrogens with zero attached hydrogens (tertiary/aromatic N) is 3. The lowest BCUT2D eigenvalue weighted by Crippen LogP contribution is -2.48. The van der Waals surface area contributed by atoms with Gasteiger partial charge in [0.15, 0.2) is 0 Å². The molecule has 0 radical (unpaired) electrons. The zero-order valence-corrected chi connectivity index (χ0v) is 15.3. The molecule has 6 nitrogen and oxygen atoms in total. The van der Waals surface area contributed by atoms with Crippen LogP contribution in [-0.4, -0.2) is 58.8 Å². The van der Waals surface area contributed by atoms with Crippen molar-refractivity contribution < 1.29 is 9.59 Å². The first-order valence-corrected chi connectivity index (χ1v) is 9.51. The summed E-state index contributed by atoms with van der Waals surface area (Å²) in [6.45, 7) is 3.99. The molecular formula is C21H24N4O2. The van der Waals surface area contributed by atoms with Gasteiger partial charge in [0.1, 0.15) is 5.69 Å². The van der Waals surface area contributed by atoms with E-state index in [2.05, 4.69) is 39.5 Å². The molecule has 6 heteroatoms. The third kappa shape index (κ3) is 4.52. The molecule has 1 saturated carbocycles. The molecule has 0 unspecified atom stereocenters. The summed E-state index contributed by atoms with van der Waals surface area (Å²) < 4.78 is 0. The summed E-state index contributed by atoms with van der Waals surface area (Å²) in [6.07, 6.45) is 3.59. The number of piperazine rings is 1. The zero-order valence-electron chi connectivity index (χ0n) is 15.3. The fourth-order valence-electron chi connectivity index (χ4n) is 3.31. The monoisotopic (exact) mass is 364 g/mol. The van der Waals surface area contributed by atoms with Crippen LogP contribution < -0.4 is 5.32 Å².